The van der Waals surface area contributed by atoms with E-state index in [4.69, 9.17) is 17.3 Å². The Bertz CT molecular complexity index is 1430. The summed E-state index contributed by atoms with van der Waals surface area (Å²) in [7, 11) is 0. The molecule has 0 saturated heterocycles. The summed E-state index contributed by atoms with van der Waals surface area (Å²) in [6.45, 7) is 0. The average Bonchev–Trinajstić information content (AvgIpc) is 3.47. The summed E-state index contributed by atoms with van der Waals surface area (Å²) in [5.41, 5.74) is 2.52. The van der Waals surface area contributed by atoms with Crippen LogP contribution < -0.4 is 11.1 Å². The van der Waals surface area contributed by atoms with Crippen molar-refractivity contribution in [3.05, 3.63) is 71.8 Å². The molecule has 4 aromatic heterocycles. The molecule has 174 valence electrons. The molecule has 0 fully saturated rings. The molecule has 0 aliphatic rings. The van der Waals surface area contributed by atoms with E-state index in [1.165, 1.54) is 30.9 Å². The standard InChI is InChI=1S/C19H12ClF4N9O/c20-12-7-10(9-27-16(12)33-28-3-4-29-33)30-18(34)11(8-25)15(19(22,23)24)31-14-2-1-13(21)17-26-5-6-32(14)17/h1-9H,25H2,(H,30,34). The fraction of sp³-hybridized carbons (Fsp3) is 0.0526. The molecule has 4 aromatic rings. The van der Waals surface area contributed by atoms with E-state index in [-0.39, 0.29) is 28.0 Å². The Morgan fingerprint density at radius 1 is 1.18 bits per heavy atom. The van der Waals surface area contributed by atoms with Gasteiger partial charge < -0.3 is 11.1 Å². The highest BCUT2D eigenvalue weighted by Gasteiger charge is 2.41. The van der Waals surface area contributed by atoms with Crippen LogP contribution in [-0.4, -0.2) is 47.2 Å². The molecular formula is C19H12ClF4N9O. The number of rotatable bonds is 5. The Morgan fingerprint density at radius 3 is 2.56 bits per heavy atom. The van der Waals surface area contributed by atoms with Gasteiger partial charge >= 0.3 is 6.18 Å². The van der Waals surface area contributed by atoms with Crippen molar-refractivity contribution in [3.8, 4) is 5.82 Å². The van der Waals surface area contributed by atoms with Crippen molar-refractivity contribution in [3.63, 3.8) is 0 Å². The number of hydrogen-bond donors (Lipinski definition) is 2. The first-order valence-electron chi connectivity index (χ1n) is 9.22. The number of anilines is 1. The minimum absolute atomic E-state index is 0.0193. The van der Waals surface area contributed by atoms with E-state index in [2.05, 4.69) is 30.5 Å². The molecule has 4 heterocycles. The second-order valence-corrected chi connectivity index (χ2v) is 6.91. The molecule has 0 atom stereocenters. The number of alkyl halides is 3. The number of nitrogens with two attached hydrogens (primary N) is 1. The molecule has 0 spiro atoms. The summed E-state index contributed by atoms with van der Waals surface area (Å²) in [4.78, 5) is 25.1. The van der Waals surface area contributed by atoms with Gasteiger partial charge in [-0.2, -0.15) is 23.4 Å². The maximum Gasteiger partial charge on any atom is 0.434 e. The number of carbonyl (C=O) groups excluding carboxylic acids is 1. The quantitative estimate of drug-likeness (QED) is 0.249. The van der Waals surface area contributed by atoms with Gasteiger partial charge in [-0.15, -0.1) is 4.80 Å². The summed E-state index contributed by atoms with van der Waals surface area (Å²) >= 11 is 6.12. The number of carbonyl (C=O) groups is 1. The minimum Gasteiger partial charge on any atom is -0.404 e. The van der Waals surface area contributed by atoms with E-state index in [1.54, 1.807) is 0 Å². The number of pyridine rings is 2. The second kappa shape index (κ2) is 8.90. The van der Waals surface area contributed by atoms with Crippen LogP contribution in [0.4, 0.5) is 29.1 Å². The lowest BCUT2D eigenvalue weighted by Gasteiger charge is -2.15. The zero-order chi connectivity index (χ0) is 24.5. The molecule has 0 saturated carbocycles. The zero-order valence-corrected chi connectivity index (χ0v) is 17.5. The number of imidazole rings is 1. The van der Waals surface area contributed by atoms with Gasteiger partial charge in [0.15, 0.2) is 23.0 Å². The minimum atomic E-state index is -5.09. The van der Waals surface area contributed by atoms with E-state index in [1.807, 2.05) is 0 Å². The first-order valence-corrected chi connectivity index (χ1v) is 9.60. The number of nitrogens with zero attached hydrogens (tertiary/aromatic N) is 7. The maximum atomic E-state index is 13.9. The molecule has 1 amide bonds. The third kappa shape index (κ3) is 4.43. The normalized spacial score (nSPS) is 12.9. The van der Waals surface area contributed by atoms with Gasteiger partial charge in [0, 0.05) is 18.6 Å². The first kappa shape index (κ1) is 22.8. The van der Waals surface area contributed by atoms with Crippen LogP contribution in [0.3, 0.4) is 0 Å². The molecule has 0 bridgehead atoms. The number of halogens is 5. The lowest BCUT2D eigenvalue weighted by Crippen LogP contribution is -2.32. The maximum absolute atomic E-state index is 13.9. The molecule has 15 heteroatoms. The van der Waals surface area contributed by atoms with Crippen molar-refractivity contribution in [2.24, 2.45) is 10.7 Å². The van der Waals surface area contributed by atoms with Crippen LogP contribution in [0.15, 0.2) is 65.9 Å². The van der Waals surface area contributed by atoms with Crippen LogP contribution in [0.25, 0.3) is 11.5 Å². The van der Waals surface area contributed by atoms with Crippen molar-refractivity contribution in [1.29, 1.82) is 0 Å². The van der Waals surface area contributed by atoms with E-state index in [9.17, 15) is 22.4 Å². The van der Waals surface area contributed by atoms with Crippen molar-refractivity contribution < 1.29 is 22.4 Å². The van der Waals surface area contributed by atoms with Crippen LogP contribution >= 0.6 is 11.6 Å². The topological polar surface area (TPSA) is 128 Å². The number of nitrogens with one attached hydrogen (secondary N) is 1. The molecule has 34 heavy (non-hydrogen) atoms. The summed E-state index contributed by atoms with van der Waals surface area (Å²) in [6.07, 6.45) is 1.72. The SMILES string of the molecule is NC=C(C(=O)Nc1cnc(-n2nccn2)c(Cl)c1)C(=Nc1ccc(F)c2nccn12)C(F)(F)F. The van der Waals surface area contributed by atoms with E-state index in [0.29, 0.717) is 6.20 Å². The van der Waals surface area contributed by atoms with Gasteiger partial charge in [0.1, 0.15) is 5.82 Å². The van der Waals surface area contributed by atoms with E-state index < -0.39 is 29.2 Å². The summed E-state index contributed by atoms with van der Waals surface area (Å²) in [5, 5.41) is 10.00. The lowest BCUT2D eigenvalue weighted by atomic mass is 10.1. The number of hydrogen-bond acceptors (Lipinski definition) is 7. The van der Waals surface area contributed by atoms with Gasteiger partial charge in [-0.1, -0.05) is 11.6 Å². The van der Waals surface area contributed by atoms with Gasteiger partial charge in [-0.05, 0) is 18.2 Å². The lowest BCUT2D eigenvalue weighted by molar-refractivity contribution is -0.113. The molecule has 10 nitrogen and oxygen atoms in total. The first-order chi connectivity index (χ1) is 16.2. The van der Waals surface area contributed by atoms with Gasteiger partial charge in [0.25, 0.3) is 5.91 Å². The van der Waals surface area contributed by atoms with Crippen LogP contribution in [-0.2, 0) is 4.79 Å². The molecule has 0 aromatic carbocycles. The van der Waals surface area contributed by atoms with Gasteiger partial charge in [0.2, 0.25) is 0 Å². The Balaban J connectivity index is 1.68. The molecular weight excluding hydrogens is 482 g/mol. The third-order valence-electron chi connectivity index (χ3n) is 4.33. The Hall–Kier alpha value is -4.33. The van der Waals surface area contributed by atoms with E-state index >= 15 is 0 Å². The molecule has 0 aliphatic heterocycles. The second-order valence-electron chi connectivity index (χ2n) is 6.50. The summed E-state index contributed by atoms with van der Waals surface area (Å²) < 4.78 is 56.4. The highest BCUT2D eigenvalue weighted by molar-refractivity contribution is 6.32. The molecule has 0 unspecified atom stereocenters. The van der Waals surface area contributed by atoms with Gasteiger partial charge in [-0.3, -0.25) is 9.20 Å². The van der Waals surface area contributed by atoms with Crippen LogP contribution in [0.2, 0.25) is 5.02 Å². The largest absolute Gasteiger partial charge is 0.434 e. The van der Waals surface area contributed by atoms with Crippen molar-refractivity contribution in [2.75, 3.05) is 5.32 Å². The van der Waals surface area contributed by atoms with Crippen LogP contribution in [0, 0.1) is 5.82 Å². The van der Waals surface area contributed by atoms with Crippen LogP contribution in [0.1, 0.15) is 0 Å². The van der Waals surface area contributed by atoms with Gasteiger partial charge in [0.05, 0.1) is 34.9 Å². The van der Waals surface area contributed by atoms with Crippen molar-refractivity contribution in [1.82, 2.24) is 29.4 Å². The monoisotopic (exact) mass is 493 g/mol. The predicted octanol–water partition coefficient (Wildman–Crippen LogP) is 3.22. The number of amides is 1. The average molecular weight is 494 g/mol. The number of aromatic nitrogens is 6. The smallest absolute Gasteiger partial charge is 0.404 e. The van der Waals surface area contributed by atoms with E-state index in [0.717, 1.165) is 27.5 Å². The van der Waals surface area contributed by atoms with Crippen LogP contribution in [0.5, 0.6) is 0 Å². The van der Waals surface area contributed by atoms with Gasteiger partial charge in [-0.25, -0.2) is 19.4 Å². The Kier molecular flexibility index (Phi) is 5.98. The summed E-state index contributed by atoms with van der Waals surface area (Å²) in [5.74, 6) is -2.18. The Labute approximate surface area is 192 Å². The highest BCUT2D eigenvalue weighted by atomic mass is 35.5. The van der Waals surface area contributed by atoms with Crippen molar-refractivity contribution in [2.45, 2.75) is 6.18 Å². The number of aliphatic imine (C=N–C) groups is 1. The molecule has 4 rings (SSSR count). The zero-order valence-electron chi connectivity index (χ0n) is 16.7. The molecule has 0 radical (unpaired) electrons. The fourth-order valence-corrected chi connectivity index (χ4v) is 3.12. The fourth-order valence-electron chi connectivity index (χ4n) is 2.88. The highest BCUT2D eigenvalue weighted by Crippen LogP contribution is 2.28. The summed E-state index contributed by atoms with van der Waals surface area (Å²) in [6, 6.07) is 3.16. The molecule has 3 N–H and O–H groups in total. The molecule has 0 aliphatic carbocycles. The number of fused-ring (bicyclic) bond motifs is 1. The predicted molar refractivity (Wildman–Crippen MR) is 113 cm³/mol. The third-order valence-corrected chi connectivity index (χ3v) is 4.61. The Morgan fingerprint density at radius 2 is 1.91 bits per heavy atom. The van der Waals surface area contributed by atoms with Crippen molar-refractivity contribution >= 4 is 40.4 Å².